The highest BCUT2D eigenvalue weighted by Gasteiger charge is 2.50. The van der Waals surface area contributed by atoms with Crippen molar-refractivity contribution in [2.45, 2.75) is 19.4 Å². The van der Waals surface area contributed by atoms with Gasteiger partial charge in [-0.3, -0.25) is 4.79 Å². The third kappa shape index (κ3) is 2.14. The molecule has 0 radical (unpaired) electrons. The molecule has 21 heavy (non-hydrogen) atoms. The number of carbonyl (C=O) groups is 2. The van der Waals surface area contributed by atoms with Crippen LogP contribution in [0, 0.1) is 11.3 Å². The molecule has 0 bridgehead atoms. The van der Waals surface area contributed by atoms with Gasteiger partial charge in [-0.1, -0.05) is 15.9 Å². The average Bonchev–Trinajstić information content (AvgIpc) is 2.89. The van der Waals surface area contributed by atoms with Crippen LogP contribution < -0.4 is 5.32 Å². The molecule has 1 aliphatic rings. The van der Waals surface area contributed by atoms with Gasteiger partial charge < -0.3 is 10.1 Å². The van der Waals surface area contributed by atoms with Gasteiger partial charge in [0.25, 0.3) is 0 Å². The van der Waals surface area contributed by atoms with Crippen molar-refractivity contribution < 1.29 is 14.3 Å². The molecular formula is C13H13BrN4O3. The predicted octanol–water partition coefficient (Wildman–Crippen LogP) is 1.31. The number of nitriles is 1. The predicted molar refractivity (Wildman–Crippen MR) is 77.7 cm³/mol. The Morgan fingerprint density at radius 1 is 1.62 bits per heavy atom. The fourth-order valence-corrected chi connectivity index (χ4v) is 3.02. The molecule has 0 saturated heterocycles. The Morgan fingerprint density at radius 3 is 2.86 bits per heavy atom. The Kier molecular flexibility index (Phi) is 4.14. The first-order valence-corrected chi connectivity index (χ1v) is 7.35. The molecule has 1 N–H and O–H groups in total. The van der Waals surface area contributed by atoms with E-state index < -0.39 is 11.5 Å². The molecule has 8 heteroatoms. The summed E-state index contributed by atoms with van der Waals surface area (Å²) in [6, 6.07) is 1.98. The van der Waals surface area contributed by atoms with Crippen LogP contribution in [-0.4, -0.2) is 33.5 Å². The van der Waals surface area contributed by atoms with Crippen molar-refractivity contribution in [3.8, 4) is 6.07 Å². The lowest BCUT2D eigenvalue weighted by Crippen LogP contribution is -2.51. The number of ether oxygens (including phenoxy) is 1. The molecule has 1 atom stereocenters. The summed E-state index contributed by atoms with van der Waals surface area (Å²) in [6.07, 6.45) is 2.77. The zero-order chi connectivity index (χ0) is 15.6. The third-order valence-corrected chi connectivity index (χ3v) is 4.05. The molecule has 110 valence electrons. The van der Waals surface area contributed by atoms with E-state index in [1.54, 1.807) is 6.92 Å². The smallest absolute Gasteiger partial charge is 0.339 e. The summed E-state index contributed by atoms with van der Waals surface area (Å²) in [7, 11) is 0. The number of rotatable bonds is 4. The summed E-state index contributed by atoms with van der Waals surface area (Å²) in [5.74, 6) is -0.525. The maximum atomic E-state index is 12.5. The van der Waals surface area contributed by atoms with Crippen LogP contribution in [0.5, 0.6) is 0 Å². The van der Waals surface area contributed by atoms with Gasteiger partial charge in [0.1, 0.15) is 17.5 Å². The number of carbonyl (C=O) groups excluding carboxylic acids is 2. The van der Waals surface area contributed by atoms with Crippen LogP contribution in [0.25, 0.3) is 0 Å². The molecule has 0 aliphatic carbocycles. The average molecular weight is 353 g/mol. The van der Waals surface area contributed by atoms with Crippen LogP contribution in [0.15, 0.2) is 18.0 Å². The lowest BCUT2D eigenvalue weighted by molar-refractivity contribution is -0.152. The minimum atomic E-state index is -1.42. The highest BCUT2D eigenvalue weighted by molar-refractivity contribution is 9.09. The van der Waals surface area contributed by atoms with Crippen LogP contribution in [-0.2, 0) is 19.9 Å². The number of aromatic nitrogens is 2. The van der Waals surface area contributed by atoms with E-state index in [-0.39, 0.29) is 28.9 Å². The molecule has 2 rings (SSSR count). The van der Waals surface area contributed by atoms with Crippen molar-refractivity contribution in [1.82, 2.24) is 9.78 Å². The summed E-state index contributed by atoms with van der Waals surface area (Å²) >= 11 is 3.28. The molecule has 0 aromatic carbocycles. The number of halogens is 1. The van der Waals surface area contributed by atoms with E-state index in [4.69, 9.17) is 10.00 Å². The molecule has 1 aromatic rings. The number of ketones is 1. The second-order valence-corrected chi connectivity index (χ2v) is 4.96. The van der Waals surface area contributed by atoms with Crippen molar-refractivity contribution in [3.05, 3.63) is 23.5 Å². The number of fused-ring (bicyclic) bond motifs is 1. The molecule has 1 aliphatic heterocycles. The Hall–Kier alpha value is -2.14. The molecule has 7 nitrogen and oxygen atoms in total. The lowest BCUT2D eigenvalue weighted by Gasteiger charge is -2.35. The minimum Gasteiger partial charge on any atom is -0.464 e. The molecule has 2 heterocycles. The van der Waals surface area contributed by atoms with Crippen LogP contribution in [0.3, 0.4) is 0 Å². The standard InChI is InChI=1S/C13H13BrN4O3/c1-3-21-12(20)13(7-14)10(8(2)19)6-16-11-9(4-15)5-17-18(11)13/h5-6,16H,3,7H2,1-2H3. The molecule has 1 unspecified atom stereocenters. The number of hydrogen-bond acceptors (Lipinski definition) is 6. The maximum absolute atomic E-state index is 12.5. The second-order valence-electron chi connectivity index (χ2n) is 4.40. The number of alkyl halides is 1. The summed E-state index contributed by atoms with van der Waals surface area (Å²) in [5.41, 5.74) is -0.918. The van der Waals surface area contributed by atoms with Crippen molar-refractivity contribution >= 4 is 33.5 Å². The first-order valence-electron chi connectivity index (χ1n) is 6.22. The van der Waals surface area contributed by atoms with Crippen molar-refractivity contribution in [2.75, 3.05) is 17.3 Å². The van der Waals surface area contributed by atoms with E-state index in [1.165, 1.54) is 24.0 Å². The topological polar surface area (TPSA) is 97.0 Å². The van der Waals surface area contributed by atoms with Crippen molar-refractivity contribution in [1.29, 1.82) is 5.26 Å². The number of anilines is 1. The zero-order valence-electron chi connectivity index (χ0n) is 11.5. The van der Waals surface area contributed by atoms with E-state index >= 15 is 0 Å². The first kappa shape index (κ1) is 15.3. The van der Waals surface area contributed by atoms with E-state index in [0.717, 1.165) is 0 Å². The molecule has 1 aromatic heterocycles. The summed E-state index contributed by atoms with van der Waals surface area (Å²) in [5, 5.41) is 16.1. The van der Waals surface area contributed by atoms with E-state index in [0.29, 0.717) is 5.82 Å². The van der Waals surface area contributed by atoms with Crippen LogP contribution in [0.4, 0.5) is 5.82 Å². The highest BCUT2D eigenvalue weighted by Crippen LogP contribution is 2.37. The van der Waals surface area contributed by atoms with Gasteiger partial charge >= 0.3 is 5.97 Å². The zero-order valence-corrected chi connectivity index (χ0v) is 13.1. The molecular weight excluding hydrogens is 340 g/mol. The van der Waals surface area contributed by atoms with Gasteiger partial charge in [-0.25, -0.2) is 9.48 Å². The molecule has 0 spiro atoms. The highest BCUT2D eigenvalue weighted by atomic mass is 79.9. The second kappa shape index (κ2) is 5.69. The van der Waals surface area contributed by atoms with Gasteiger partial charge in [0.05, 0.1) is 18.4 Å². The molecule has 0 fully saturated rings. The first-order chi connectivity index (χ1) is 10.0. The number of hydrogen-bond donors (Lipinski definition) is 1. The van der Waals surface area contributed by atoms with Crippen LogP contribution >= 0.6 is 15.9 Å². The van der Waals surface area contributed by atoms with E-state index in [1.807, 2.05) is 6.07 Å². The minimum absolute atomic E-state index is 0.103. The molecule has 0 saturated carbocycles. The quantitative estimate of drug-likeness (QED) is 0.648. The van der Waals surface area contributed by atoms with Crippen LogP contribution in [0.2, 0.25) is 0 Å². The van der Waals surface area contributed by atoms with Gasteiger partial charge in [0.2, 0.25) is 5.54 Å². The fraction of sp³-hybridized carbons (Fsp3) is 0.385. The number of nitrogens with zero attached hydrogens (tertiary/aromatic N) is 3. The Bertz CT molecular complexity index is 673. The summed E-state index contributed by atoms with van der Waals surface area (Å²) in [6.45, 7) is 3.22. The van der Waals surface area contributed by atoms with Crippen LogP contribution in [0.1, 0.15) is 19.4 Å². The third-order valence-electron chi connectivity index (χ3n) is 3.24. The van der Waals surface area contributed by atoms with Gasteiger partial charge in [0.15, 0.2) is 5.78 Å². The summed E-state index contributed by atoms with van der Waals surface area (Å²) in [4.78, 5) is 24.4. The summed E-state index contributed by atoms with van der Waals surface area (Å²) < 4.78 is 6.45. The fourth-order valence-electron chi connectivity index (χ4n) is 2.26. The van der Waals surface area contributed by atoms with Gasteiger partial charge in [0, 0.05) is 11.5 Å². The van der Waals surface area contributed by atoms with E-state index in [9.17, 15) is 9.59 Å². The Morgan fingerprint density at radius 2 is 2.33 bits per heavy atom. The maximum Gasteiger partial charge on any atom is 0.339 e. The number of nitrogens with one attached hydrogen (secondary N) is 1. The Labute approximate surface area is 129 Å². The van der Waals surface area contributed by atoms with Gasteiger partial charge in [-0.15, -0.1) is 0 Å². The van der Waals surface area contributed by atoms with Crippen molar-refractivity contribution in [2.24, 2.45) is 0 Å². The largest absolute Gasteiger partial charge is 0.464 e. The number of Topliss-reactive ketones (excluding diaryl/α,β-unsaturated/α-hetero) is 1. The normalized spacial score (nSPS) is 19.8. The SMILES string of the molecule is CCOC(=O)C1(CBr)C(C(C)=O)=CNc2c(C#N)cnn21. The Balaban J connectivity index is 2.71. The molecule has 0 amide bonds. The van der Waals surface area contributed by atoms with E-state index in [2.05, 4.69) is 26.3 Å². The monoisotopic (exact) mass is 352 g/mol. The lowest BCUT2D eigenvalue weighted by atomic mass is 9.88. The van der Waals surface area contributed by atoms with Gasteiger partial charge in [-0.2, -0.15) is 10.4 Å². The van der Waals surface area contributed by atoms with Crippen molar-refractivity contribution in [3.63, 3.8) is 0 Å². The number of esters is 1. The van der Waals surface area contributed by atoms with Gasteiger partial charge in [-0.05, 0) is 13.8 Å².